The third-order valence-corrected chi connectivity index (χ3v) is 9.15. The summed E-state index contributed by atoms with van der Waals surface area (Å²) in [6.45, 7) is 1.07. The van der Waals surface area contributed by atoms with Gasteiger partial charge in [0.1, 0.15) is 30.1 Å². The maximum absolute atomic E-state index is 12.5. The molecule has 3 aliphatic heterocycles. The molecule has 1 aromatic rings. The van der Waals surface area contributed by atoms with E-state index in [-0.39, 0.29) is 52.9 Å². The van der Waals surface area contributed by atoms with Crippen LogP contribution in [-0.4, -0.2) is 101 Å². The minimum atomic E-state index is -4.42. The van der Waals surface area contributed by atoms with Gasteiger partial charge >= 0.3 is 6.03 Å². The van der Waals surface area contributed by atoms with Gasteiger partial charge in [-0.15, -0.1) is 0 Å². The lowest BCUT2D eigenvalue weighted by molar-refractivity contribution is -0.235. The molecule has 0 spiro atoms. The molecule has 0 saturated carbocycles. The number of carbonyl (C=O) groups excluding carboxylic acids is 3. The number of thioether (sulfide) groups is 1. The second-order valence-electron chi connectivity index (χ2n) is 9.63. The molecule has 1 aromatic carbocycles. The molecule has 7 N–H and O–H groups in total. The molecule has 16 heteroatoms. The first-order chi connectivity index (χ1) is 18.4. The Balaban J connectivity index is 1.31. The second kappa shape index (κ2) is 12.3. The summed E-state index contributed by atoms with van der Waals surface area (Å²) < 4.78 is 43.2. The van der Waals surface area contributed by atoms with E-state index in [0.717, 1.165) is 24.3 Å². The molecular weight excluding hydrogens is 556 g/mol. The highest BCUT2D eigenvalue weighted by Crippen LogP contribution is 2.33. The number of carbonyl (C=O) groups is 3. The number of ether oxygens (including phenoxy) is 2. The van der Waals surface area contributed by atoms with Gasteiger partial charge in [-0.1, -0.05) is 0 Å². The quantitative estimate of drug-likeness (QED) is 0.126. The zero-order chi connectivity index (χ0) is 28.3. The highest BCUT2D eigenvalue weighted by molar-refractivity contribution is 8.00. The van der Waals surface area contributed by atoms with Gasteiger partial charge in [0.15, 0.2) is 0 Å². The standard InChI is InChI=1S/C23H32N4O10S2/c1-11(28)25-19-21(31)20(30)15(37-22(19)36-12-5-7-13(8-6-12)39(33,34)35)9-24-17(29)4-2-3-16-18-14(10-38-16)26-23(32)27-18/h5-8,14-16,18-22,30-31H,2-4,9-10H2,1H3,(H,24,29)(H,25,28)(H2,26,27,32)(H,33,34,35)/t14-,15?,16-,18-,19?,20+,21+,22+/m0/s1. The number of hydrogen-bond donors (Lipinski definition) is 7. The molecule has 39 heavy (non-hydrogen) atoms. The van der Waals surface area contributed by atoms with Crippen LogP contribution in [0.25, 0.3) is 0 Å². The van der Waals surface area contributed by atoms with Crippen LogP contribution >= 0.6 is 11.8 Å². The van der Waals surface area contributed by atoms with Crippen molar-refractivity contribution in [3.8, 4) is 5.75 Å². The Hall–Kier alpha value is -2.63. The number of urea groups is 1. The summed E-state index contributed by atoms with van der Waals surface area (Å²) in [7, 11) is -4.42. The van der Waals surface area contributed by atoms with Gasteiger partial charge in [0, 0.05) is 30.9 Å². The number of fused-ring (bicyclic) bond motifs is 1. The van der Waals surface area contributed by atoms with Gasteiger partial charge in [-0.2, -0.15) is 20.2 Å². The number of aliphatic hydroxyl groups is 2. The van der Waals surface area contributed by atoms with Gasteiger partial charge in [0.2, 0.25) is 18.1 Å². The zero-order valence-electron chi connectivity index (χ0n) is 21.0. The lowest BCUT2D eigenvalue weighted by Gasteiger charge is -2.42. The SMILES string of the molecule is CC(=O)NC1[C@H](Oc2ccc(S(=O)(=O)O)cc2)OC(CNC(=O)CCC[C@@H]2SC[C@@H]3NC(=O)N[C@@H]32)[C@@H](O)[C@@H]1O. The van der Waals surface area contributed by atoms with E-state index in [2.05, 4.69) is 21.3 Å². The Morgan fingerprint density at radius 1 is 1.18 bits per heavy atom. The first-order valence-electron chi connectivity index (χ1n) is 12.4. The van der Waals surface area contributed by atoms with Gasteiger partial charge in [0.25, 0.3) is 10.1 Å². The maximum Gasteiger partial charge on any atom is 0.315 e. The van der Waals surface area contributed by atoms with Crippen molar-refractivity contribution in [3.63, 3.8) is 0 Å². The van der Waals surface area contributed by atoms with Crippen LogP contribution in [0.15, 0.2) is 29.2 Å². The smallest absolute Gasteiger partial charge is 0.315 e. The van der Waals surface area contributed by atoms with Crippen molar-refractivity contribution in [2.45, 2.75) is 79.1 Å². The van der Waals surface area contributed by atoms with E-state index < -0.39 is 46.7 Å². The lowest BCUT2D eigenvalue weighted by Crippen LogP contribution is -2.66. The predicted molar refractivity (Wildman–Crippen MR) is 138 cm³/mol. The van der Waals surface area contributed by atoms with E-state index in [1.165, 1.54) is 19.1 Å². The highest BCUT2D eigenvalue weighted by atomic mass is 32.2. The fraction of sp³-hybridized carbons (Fsp3) is 0.609. The number of benzene rings is 1. The summed E-state index contributed by atoms with van der Waals surface area (Å²) in [5.41, 5.74) is 0. The van der Waals surface area contributed by atoms with Crippen LogP contribution in [0.1, 0.15) is 26.2 Å². The molecule has 4 amide bonds. The third kappa shape index (κ3) is 7.32. The molecule has 0 bridgehead atoms. The van der Waals surface area contributed by atoms with Crippen molar-refractivity contribution in [3.05, 3.63) is 24.3 Å². The Morgan fingerprint density at radius 2 is 1.90 bits per heavy atom. The molecule has 4 rings (SSSR count). The van der Waals surface area contributed by atoms with Crippen LogP contribution in [0.2, 0.25) is 0 Å². The van der Waals surface area contributed by atoms with E-state index in [1.807, 2.05) is 0 Å². The van der Waals surface area contributed by atoms with Crippen LogP contribution in [0.4, 0.5) is 4.79 Å². The molecule has 3 saturated heterocycles. The number of nitrogens with one attached hydrogen (secondary N) is 4. The van der Waals surface area contributed by atoms with Crippen molar-refractivity contribution in [2.24, 2.45) is 0 Å². The molecule has 3 aliphatic rings. The Kier molecular flexibility index (Phi) is 9.23. The molecule has 0 aromatic heterocycles. The van der Waals surface area contributed by atoms with E-state index >= 15 is 0 Å². The summed E-state index contributed by atoms with van der Waals surface area (Å²) in [6, 6.07) is 3.53. The summed E-state index contributed by atoms with van der Waals surface area (Å²) >= 11 is 1.76. The van der Waals surface area contributed by atoms with Gasteiger partial charge < -0.3 is 41.0 Å². The predicted octanol–water partition coefficient (Wildman–Crippen LogP) is -1.28. The van der Waals surface area contributed by atoms with E-state index in [4.69, 9.17) is 14.0 Å². The van der Waals surface area contributed by atoms with E-state index in [1.54, 1.807) is 11.8 Å². The van der Waals surface area contributed by atoms with Gasteiger partial charge in [-0.25, -0.2) is 4.79 Å². The summed E-state index contributed by atoms with van der Waals surface area (Å²) in [5, 5.41) is 32.5. The van der Waals surface area contributed by atoms with Crippen LogP contribution in [-0.2, 0) is 24.4 Å². The third-order valence-electron chi connectivity index (χ3n) is 6.78. The molecule has 0 radical (unpaired) electrons. The number of rotatable bonds is 10. The number of hydrogen-bond acceptors (Lipinski definition) is 10. The molecule has 8 atom stereocenters. The fourth-order valence-corrected chi connectivity index (χ4v) is 6.85. The van der Waals surface area contributed by atoms with Crippen LogP contribution in [0, 0.1) is 0 Å². The number of aliphatic hydroxyl groups excluding tert-OH is 2. The van der Waals surface area contributed by atoms with Crippen LogP contribution in [0.5, 0.6) is 5.75 Å². The Morgan fingerprint density at radius 3 is 2.56 bits per heavy atom. The van der Waals surface area contributed by atoms with Crippen LogP contribution in [0.3, 0.4) is 0 Å². The lowest BCUT2D eigenvalue weighted by atomic mass is 9.96. The summed E-state index contributed by atoms with van der Waals surface area (Å²) in [5.74, 6) is 0.134. The zero-order valence-corrected chi connectivity index (χ0v) is 22.6. The van der Waals surface area contributed by atoms with E-state index in [0.29, 0.717) is 6.42 Å². The normalized spacial score (nSPS) is 32.1. The monoisotopic (exact) mass is 588 g/mol. The largest absolute Gasteiger partial charge is 0.463 e. The number of amides is 4. The van der Waals surface area contributed by atoms with E-state index in [9.17, 15) is 33.0 Å². The summed E-state index contributed by atoms with van der Waals surface area (Å²) in [4.78, 5) is 35.3. The molecule has 2 unspecified atom stereocenters. The average molecular weight is 589 g/mol. The molecule has 0 aliphatic carbocycles. The molecule has 216 valence electrons. The minimum absolute atomic E-state index is 0.0515. The van der Waals surface area contributed by atoms with Gasteiger partial charge in [-0.05, 0) is 37.1 Å². The first kappa shape index (κ1) is 29.4. The fourth-order valence-electron chi connectivity index (χ4n) is 4.82. The van der Waals surface area contributed by atoms with Crippen molar-refractivity contribution >= 4 is 39.7 Å². The molecule has 3 fully saturated rings. The van der Waals surface area contributed by atoms with Gasteiger partial charge in [-0.3, -0.25) is 14.1 Å². The Bertz CT molecular complexity index is 1170. The molecule has 3 heterocycles. The van der Waals surface area contributed by atoms with Gasteiger partial charge in [0.05, 0.1) is 17.0 Å². The first-order valence-corrected chi connectivity index (χ1v) is 14.9. The maximum atomic E-state index is 12.5. The van der Waals surface area contributed by atoms with Crippen molar-refractivity contribution in [2.75, 3.05) is 12.3 Å². The molecular formula is C23H32N4O10S2. The minimum Gasteiger partial charge on any atom is -0.463 e. The van der Waals surface area contributed by atoms with Crippen molar-refractivity contribution < 1.29 is 47.0 Å². The van der Waals surface area contributed by atoms with Crippen LogP contribution < -0.4 is 26.0 Å². The second-order valence-corrected chi connectivity index (χ2v) is 12.3. The van der Waals surface area contributed by atoms with Crippen molar-refractivity contribution in [1.82, 2.24) is 21.3 Å². The topological polar surface area (TPSA) is 213 Å². The average Bonchev–Trinajstić information content (AvgIpc) is 3.42. The van der Waals surface area contributed by atoms with Crippen molar-refractivity contribution in [1.29, 1.82) is 0 Å². The Labute approximate surface area is 229 Å². The summed E-state index contributed by atoms with van der Waals surface area (Å²) in [6.07, 6.45) is -3.79. The highest BCUT2D eigenvalue weighted by Gasteiger charge is 2.46. The molecule has 14 nitrogen and oxygen atoms in total.